The van der Waals surface area contributed by atoms with Crippen molar-refractivity contribution in [3.05, 3.63) is 11.9 Å². The van der Waals surface area contributed by atoms with E-state index >= 15 is 0 Å². The Hall–Kier alpha value is -1.23. The molecule has 0 aromatic heterocycles. The van der Waals surface area contributed by atoms with Gasteiger partial charge in [0.05, 0.1) is 6.67 Å². The molecule has 0 spiro atoms. The standard InChI is InChI=1S/C4H7N3O2/c8-4(9)3-1-5-2-6-7-3/h1,5-7H,2H2,(H,8,9). The Balaban J connectivity index is 2.57. The normalized spacial score (nSPS) is 17.1. The summed E-state index contributed by atoms with van der Waals surface area (Å²) in [4.78, 5) is 10.1. The fourth-order valence-corrected chi connectivity index (χ4v) is 0.495. The molecule has 9 heavy (non-hydrogen) atoms. The highest BCUT2D eigenvalue weighted by Crippen LogP contribution is 1.85. The lowest BCUT2D eigenvalue weighted by Crippen LogP contribution is -2.44. The van der Waals surface area contributed by atoms with Gasteiger partial charge in [-0.1, -0.05) is 0 Å². The van der Waals surface area contributed by atoms with Crippen molar-refractivity contribution >= 4 is 5.97 Å². The van der Waals surface area contributed by atoms with Gasteiger partial charge in [-0.25, -0.2) is 10.2 Å². The minimum atomic E-state index is -0.977. The molecule has 0 saturated heterocycles. The third-order valence-electron chi connectivity index (χ3n) is 0.890. The fraction of sp³-hybridized carbons (Fsp3) is 0.250. The molecular formula is C4H7N3O2. The van der Waals surface area contributed by atoms with Crippen LogP contribution >= 0.6 is 0 Å². The maximum Gasteiger partial charge on any atom is 0.354 e. The molecule has 0 aromatic rings. The van der Waals surface area contributed by atoms with Crippen molar-refractivity contribution in [1.82, 2.24) is 16.2 Å². The second-order valence-electron chi connectivity index (χ2n) is 1.55. The van der Waals surface area contributed by atoms with Crippen LogP contribution in [-0.2, 0) is 4.79 Å². The summed E-state index contributed by atoms with van der Waals surface area (Å²) >= 11 is 0. The molecule has 4 N–H and O–H groups in total. The molecule has 5 nitrogen and oxygen atoms in total. The summed E-state index contributed by atoms with van der Waals surface area (Å²) < 4.78 is 0. The first-order chi connectivity index (χ1) is 4.30. The molecule has 0 unspecified atom stereocenters. The largest absolute Gasteiger partial charge is 0.476 e. The molecule has 1 aliphatic rings. The molecule has 1 rings (SSSR count). The molecule has 1 aliphatic heterocycles. The van der Waals surface area contributed by atoms with Crippen LogP contribution in [0.2, 0.25) is 0 Å². The van der Waals surface area contributed by atoms with E-state index in [1.807, 2.05) is 0 Å². The van der Waals surface area contributed by atoms with Gasteiger partial charge in [0.1, 0.15) is 0 Å². The maximum absolute atomic E-state index is 10.1. The molecule has 1 heterocycles. The summed E-state index contributed by atoms with van der Waals surface area (Å²) in [6.07, 6.45) is 1.40. The van der Waals surface area contributed by atoms with Gasteiger partial charge >= 0.3 is 5.97 Å². The van der Waals surface area contributed by atoms with Crippen LogP contribution in [0.5, 0.6) is 0 Å². The quantitative estimate of drug-likeness (QED) is 0.349. The van der Waals surface area contributed by atoms with Crippen LogP contribution in [0.4, 0.5) is 0 Å². The minimum Gasteiger partial charge on any atom is -0.476 e. The first-order valence-corrected chi connectivity index (χ1v) is 2.46. The lowest BCUT2D eigenvalue weighted by atomic mass is 10.5. The summed E-state index contributed by atoms with van der Waals surface area (Å²) in [6.45, 7) is 0.538. The predicted molar refractivity (Wildman–Crippen MR) is 30.0 cm³/mol. The van der Waals surface area contributed by atoms with Crippen LogP contribution < -0.4 is 16.2 Å². The highest BCUT2D eigenvalue weighted by atomic mass is 16.4. The number of aliphatic carboxylic acids is 1. The monoisotopic (exact) mass is 129 g/mol. The summed E-state index contributed by atoms with van der Waals surface area (Å²) in [7, 11) is 0. The fourth-order valence-electron chi connectivity index (χ4n) is 0.495. The van der Waals surface area contributed by atoms with Gasteiger partial charge in [-0.05, 0) is 0 Å². The Labute approximate surface area is 51.7 Å². The van der Waals surface area contributed by atoms with Crippen molar-refractivity contribution in [3.63, 3.8) is 0 Å². The number of carbonyl (C=O) groups is 1. The number of hydrogen-bond acceptors (Lipinski definition) is 4. The molecular weight excluding hydrogens is 122 g/mol. The molecule has 50 valence electrons. The minimum absolute atomic E-state index is 0.126. The van der Waals surface area contributed by atoms with Crippen molar-refractivity contribution in [1.29, 1.82) is 0 Å². The van der Waals surface area contributed by atoms with Crippen molar-refractivity contribution in [3.8, 4) is 0 Å². The highest BCUT2D eigenvalue weighted by Gasteiger charge is 2.07. The number of nitrogens with one attached hydrogen (secondary N) is 3. The highest BCUT2D eigenvalue weighted by molar-refractivity contribution is 5.85. The number of hydrazine groups is 1. The van der Waals surface area contributed by atoms with Crippen LogP contribution in [0.3, 0.4) is 0 Å². The lowest BCUT2D eigenvalue weighted by molar-refractivity contribution is -0.133. The Kier molecular flexibility index (Phi) is 1.55. The summed E-state index contributed by atoms with van der Waals surface area (Å²) in [5.74, 6) is -0.977. The third kappa shape index (κ3) is 1.33. The molecule has 0 saturated carbocycles. The summed E-state index contributed by atoms with van der Waals surface area (Å²) in [5.41, 5.74) is 5.20. The SMILES string of the molecule is O=C(O)C1=CNCNN1. The van der Waals surface area contributed by atoms with E-state index < -0.39 is 5.97 Å². The van der Waals surface area contributed by atoms with Crippen LogP contribution in [0.1, 0.15) is 0 Å². The summed E-state index contributed by atoms with van der Waals surface area (Å²) in [6, 6.07) is 0. The molecule has 0 radical (unpaired) electrons. The molecule has 0 amide bonds. The first kappa shape index (κ1) is 5.90. The van der Waals surface area contributed by atoms with Gasteiger partial charge in [0.15, 0.2) is 5.70 Å². The Morgan fingerprint density at radius 1 is 1.78 bits per heavy atom. The zero-order valence-corrected chi connectivity index (χ0v) is 4.64. The van der Waals surface area contributed by atoms with Crippen LogP contribution in [0, 0.1) is 0 Å². The Morgan fingerprint density at radius 2 is 2.56 bits per heavy atom. The number of carboxylic acids is 1. The number of rotatable bonds is 1. The van der Waals surface area contributed by atoms with Crippen molar-refractivity contribution in [2.24, 2.45) is 0 Å². The van der Waals surface area contributed by atoms with Gasteiger partial charge < -0.3 is 15.8 Å². The van der Waals surface area contributed by atoms with E-state index in [9.17, 15) is 4.79 Å². The third-order valence-corrected chi connectivity index (χ3v) is 0.890. The van der Waals surface area contributed by atoms with Crippen LogP contribution in [0.25, 0.3) is 0 Å². The number of carboxylic acid groups (broad SMARTS) is 1. The second-order valence-corrected chi connectivity index (χ2v) is 1.55. The zero-order chi connectivity index (χ0) is 6.69. The van der Waals surface area contributed by atoms with E-state index in [-0.39, 0.29) is 5.70 Å². The molecule has 0 bridgehead atoms. The van der Waals surface area contributed by atoms with Crippen LogP contribution in [-0.4, -0.2) is 17.7 Å². The van der Waals surface area contributed by atoms with E-state index in [1.54, 1.807) is 0 Å². The molecule has 5 heteroatoms. The molecule has 0 fully saturated rings. The van der Waals surface area contributed by atoms with E-state index in [1.165, 1.54) is 6.20 Å². The molecule has 0 aliphatic carbocycles. The van der Waals surface area contributed by atoms with Gasteiger partial charge in [0.25, 0.3) is 0 Å². The number of hydrogen-bond donors (Lipinski definition) is 4. The average molecular weight is 129 g/mol. The van der Waals surface area contributed by atoms with Crippen LogP contribution in [0.15, 0.2) is 11.9 Å². The predicted octanol–water partition coefficient (Wildman–Crippen LogP) is -1.43. The maximum atomic E-state index is 10.1. The first-order valence-electron chi connectivity index (χ1n) is 2.46. The Morgan fingerprint density at radius 3 is 2.89 bits per heavy atom. The second kappa shape index (κ2) is 2.36. The van der Waals surface area contributed by atoms with Crippen molar-refractivity contribution in [2.75, 3.05) is 6.67 Å². The van der Waals surface area contributed by atoms with Gasteiger partial charge in [-0.15, -0.1) is 0 Å². The lowest BCUT2D eigenvalue weighted by Gasteiger charge is -2.13. The van der Waals surface area contributed by atoms with Crippen molar-refractivity contribution in [2.45, 2.75) is 0 Å². The smallest absolute Gasteiger partial charge is 0.354 e. The van der Waals surface area contributed by atoms with Gasteiger partial charge in [-0.2, -0.15) is 0 Å². The topological polar surface area (TPSA) is 73.4 Å². The van der Waals surface area contributed by atoms with Gasteiger partial charge in [0.2, 0.25) is 0 Å². The van der Waals surface area contributed by atoms with E-state index in [4.69, 9.17) is 5.11 Å². The van der Waals surface area contributed by atoms with E-state index in [0.717, 1.165) is 0 Å². The van der Waals surface area contributed by atoms with Gasteiger partial charge in [-0.3, -0.25) is 0 Å². The van der Waals surface area contributed by atoms with E-state index in [0.29, 0.717) is 6.67 Å². The average Bonchev–Trinajstić information content (AvgIpc) is 1.90. The van der Waals surface area contributed by atoms with Gasteiger partial charge in [0, 0.05) is 6.20 Å². The zero-order valence-electron chi connectivity index (χ0n) is 4.64. The molecule has 0 atom stereocenters. The Bertz CT molecular complexity index is 154. The molecule has 0 aromatic carbocycles. The van der Waals surface area contributed by atoms with Crippen molar-refractivity contribution < 1.29 is 9.90 Å². The summed E-state index contributed by atoms with van der Waals surface area (Å²) in [5, 5.41) is 11.0. The van der Waals surface area contributed by atoms with E-state index in [2.05, 4.69) is 16.2 Å².